The maximum atomic E-state index is 13.0. The van der Waals surface area contributed by atoms with Crippen LogP contribution in [0.5, 0.6) is 0 Å². The fourth-order valence-corrected chi connectivity index (χ4v) is 4.97. The zero-order chi connectivity index (χ0) is 20.6. The zero-order valence-electron chi connectivity index (χ0n) is 15.3. The highest BCUT2D eigenvalue weighted by Crippen LogP contribution is 2.25. The maximum absolute atomic E-state index is 13.0. The molecule has 1 saturated heterocycles. The molecule has 0 unspecified atom stereocenters. The van der Waals surface area contributed by atoms with Crippen molar-refractivity contribution >= 4 is 44.1 Å². The summed E-state index contributed by atoms with van der Waals surface area (Å²) in [5.74, 6) is -0.168. The number of halogens is 1. The second kappa shape index (κ2) is 7.52. The Balaban J connectivity index is 1.47. The lowest BCUT2D eigenvalue weighted by Gasteiger charge is -2.33. The van der Waals surface area contributed by atoms with Gasteiger partial charge in [-0.05, 0) is 24.3 Å². The lowest BCUT2D eigenvalue weighted by molar-refractivity contribution is 0.0698. The lowest BCUT2D eigenvalue weighted by atomic mass is 10.1. The summed E-state index contributed by atoms with van der Waals surface area (Å²) < 4.78 is 27.4. The molecule has 4 rings (SSSR count). The van der Waals surface area contributed by atoms with Gasteiger partial charge in [0.25, 0.3) is 15.9 Å². The molecule has 1 aromatic heterocycles. The Kier molecular flexibility index (Phi) is 5.04. The highest BCUT2D eigenvalue weighted by atomic mass is 35.5. The summed E-state index contributed by atoms with van der Waals surface area (Å²) >= 11 is 5.98. The third-order valence-electron chi connectivity index (χ3n) is 4.95. The first kappa shape index (κ1) is 19.5. The standard InChI is InChI=1S/C20H17ClN4O3S/c1-22-17-5-2-14(3-6-17)20(26)24-8-10-25(11-9-24)29(27,28)19-13-15-12-16(21)4-7-18(15)23-19/h2-7,12-13,23H,8-11H2. The van der Waals surface area contributed by atoms with Gasteiger partial charge in [-0.25, -0.2) is 13.3 Å². The number of hydrogen-bond acceptors (Lipinski definition) is 3. The van der Waals surface area contributed by atoms with E-state index in [1.165, 1.54) is 4.31 Å². The molecule has 1 amide bonds. The van der Waals surface area contributed by atoms with E-state index in [0.29, 0.717) is 34.9 Å². The van der Waals surface area contributed by atoms with Gasteiger partial charge in [-0.2, -0.15) is 4.31 Å². The number of aromatic amines is 1. The Morgan fingerprint density at radius 1 is 1.03 bits per heavy atom. The van der Waals surface area contributed by atoms with Crippen molar-refractivity contribution in [3.8, 4) is 0 Å². The second-order valence-electron chi connectivity index (χ2n) is 6.72. The number of benzene rings is 2. The predicted octanol–water partition coefficient (Wildman–Crippen LogP) is 3.52. The number of aromatic nitrogens is 1. The van der Waals surface area contributed by atoms with Gasteiger partial charge in [0.2, 0.25) is 0 Å². The number of carbonyl (C=O) groups excluding carboxylic acids is 1. The number of carbonyl (C=O) groups is 1. The SMILES string of the molecule is [C-]#[N+]c1ccc(C(=O)N2CCN(S(=O)(=O)c3cc4cc(Cl)ccc4[nH]3)CC2)cc1. The quantitative estimate of drug-likeness (QED) is 0.648. The van der Waals surface area contributed by atoms with Crippen molar-refractivity contribution < 1.29 is 13.2 Å². The van der Waals surface area contributed by atoms with Crippen LogP contribution < -0.4 is 0 Å². The Labute approximate surface area is 173 Å². The molecule has 0 radical (unpaired) electrons. The molecule has 1 aliphatic heterocycles. The molecule has 1 aliphatic rings. The number of nitrogens with one attached hydrogen (secondary N) is 1. The Morgan fingerprint density at radius 2 is 1.72 bits per heavy atom. The third kappa shape index (κ3) is 3.72. The van der Waals surface area contributed by atoms with Crippen LogP contribution in [0.25, 0.3) is 15.7 Å². The van der Waals surface area contributed by atoms with Crippen LogP contribution in [0.15, 0.2) is 53.6 Å². The van der Waals surface area contributed by atoms with E-state index in [1.807, 2.05) is 0 Å². The van der Waals surface area contributed by atoms with Crippen LogP contribution >= 0.6 is 11.6 Å². The van der Waals surface area contributed by atoms with Gasteiger partial charge < -0.3 is 9.88 Å². The van der Waals surface area contributed by atoms with Crippen LogP contribution in [0.3, 0.4) is 0 Å². The molecule has 1 fully saturated rings. The van der Waals surface area contributed by atoms with Gasteiger partial charge in [0, 0.05) is 47.7 Å². The van der Waals surface area contributed by atoms with Crippen molar-refractivity contribution in [3.63, 3.8) is 0 Å². The van der Waals surface area contributed by atoms with Crippen molar-refractivity contribution in [2.24, 2.45) is 0 Å². The summed E-state index contributed by atoms with van der Waals surface area (Å²) in [5, 5.41) is 1.38. The van der Waals surface area contributed by atoms with Crippen LogP contribution in [-0.4, -0.2) is 54.7 Å². The van der Waals surface area contributed by atoms with Gasteiger partial charge in [0.1, 0.15) is 5.03 Å². The minimum absolute atomic E-state index is 0.115. The van der Waals surface area contributed by atoms with E-state index in [-0.39, 0.29) is 24.0 Å². The number of H-pyrrole nitrogens is 1. The first-order chi connectivity index (χ1) is 13.9. The molecule has 0 spiro atoms. The van der Waals surface area contributed by atoms with Crippen molar-refractivity contribution in [1.29, 1.82) is 0 Å². The topological polar surface area (TPSA) is 77.8 Å². The summed E-state index contributed by atoms with van der Waals surface area (Å²) in [4.78, 5) is 20.5. The molecule has 0 saturated carbocycles. The monoisotopic (exact) mass is 428 g/mol. The van der Waals surface area contributed by atoms with Gasteiger partial charge in [-0.15, -0.1) is 0 Å². The Morgan fingerprint density at radius 3 is 2.38 bits per heavy atom. The van der Waals surface area contributed by atoms with Crippen LogP contribution in [-0.2, 0) is 10.0 Å². The van der Waals surface area contributed by atoms with Gasteiger partial charge in [0.15, 0.2) is 5.69 Å². The third-order valence-corrected chi connectivity index (χ3v) is 7.00. The normalized spacial score (nSPS) is 15.4. The molecule has 2 heterocycles. The highest BCUT2D eigenvalue weighted by Gasteiger charge is 2.31. The number of sulfonamides is 1. The molecule has 7 nitrogen and oxygen atoms in total. The van der Waals surface area contributed by atoms with E-state index in [0.717, 1.165) is 5.39 Å². The summed E-state index contributed by atoms with van der Waals surface area (Å²) in [5.41, 5.74) is 1.66. The first-order valence-corrected chi connectivity index (χ1v) is 10.8. The molecule has 9 heteroatoms. The number of amides is 1. The molecule has 0 atom stereocenters. The van der Waals surface area contributed by atoms with Gasteiger partial charge in [-0.3, -0.25) is 4.79 Å². The molecule has 148 valence electrons. The molecule has 0 bridgehead atoms. The highest BCUT2D eigenvalue weighted by molar-refractivity contribution is 7.89. The second-order valence-corrected chi connectivity index (χ2v) is 9.06. The molecule has 1 N–H and O–H groups in total. The molecule has 2 aromatic carbocycles. The van der Waals surface area contributed by atoms with Crippen LogP contribution in [0.4, 0.5) is 5.69 Å². The first-order valence-electron chi connectivity index (χ1n) is 8.94. The summed E-state index contributed by atoms with van der Waals surface area (Å²) in [6.45, 7) is 8.00. The minimum atomic E-state index is -3.70. The number of rotatable bonds is 3. The molecule has 3 aromatic rings. The zero-order valence-corrected chi connectivity index (χ0v) is 16.9. The van der Waals surface area contributed by atoms with E-state index in [2.05, 4.69) is 9.83 Å². The maximum Gasteiger partial charge on any atom is 0.258 e. The van der Waals surface area contributed by atoms with Crippen molar-refractivity contribution in [1.82, 2.24) is 14.2 Å². The minimum Gasteiger partial charge on any atom is -0.345 e. The van der Waals surface area contributed by atoms with Gasteiger partial charge >= 0.3 is 0 Å². The van der Waals surface area contributed by atoms with Crippen LogP contribution in [0.2, 0.25) is 5.02 Å². The largest absolute Gasteiger partial charge is 0.345 e. The lowest BCUT2D eigenvalue weighted by Crippen LogP contribution is -2.50. The fraction of sp³-hybridized carbons (Fsp3) is 0.200. The van der Waals surface area contributed by atoms with Gasteiger partial charge in [0.05, 0.1) is 6.57 Å². The fourth-order valence-electron chi connectivity index (χ4n) is 3.35. The van der Waals surface area contributed by atoms with Crippen LogP contribution in [0.1, 0.15) is 10.4 Å². The molecular weight excluding hydrogens is 412 g/mol. The molecule has 0 aliphatic carbocycles. The molecule has 29 heavy (non-hydrogen) atoms. The predicted molar refractivity (Wildman–Crippen MR) is 111 cm³/mol. The number of nitrogens with zero attached hydrogens (tertiary/aromatic N) is 3. The van der Waals surface area contributed by atoms with Crippen molar-refractivity contribution in [3.05, 3.63) is 70.5 Å². The van der Waals surface area contributed by atoms with E-state index in [4.69, 9.17) is 18.2 Å². The van der Waals surface area contributed by atoms with Crippen molar-refractivity contribution in [2.45, 2.75) is 5.03 Å². The number of fused-ring (bicyclic) bond motifs is 1. The van der Waals surface area contributed by atoms with E-state index in [1.54, 1.807) is 53.4 Å². The van der Waals surface area contributed by atoms with Crippen LogP contribution in [0, 0.1) is 6.57 Å². The Hall–Kier alpha value is -2.86. The van der Waals surface area contributed by atoms with E-state index < -0.39 is 10.0 Å². The average molecular weight is 429 g/mol. The van der Waals surface area contributed by atoms with Gasteiger partial charge in [-0.1, -0.05) is 35.9 Å². The summed E-state index contributed by atoms with van der Waals surface area (Å²) in [6, 6.07) is 13.2. The average Bonchev–Trinajstić information content (AvgIpc) is 3.17. The molecular formula is C20H17ClN4O3S. The summed E-state index contributed by atoms with van der Waals surface area (Å²) in [6.07, 6.45) is 0. The summed E-state index contributed by atoms with van der Waals surface area (Å²) in [7, 11) is -3.70. The smallest absolute Gasteiger partial charge is 0.258 e. The van der Waals surface area contributed by atoms with E-state index >= 15 is 0 Å². The number of hydrogen-bond donors (Lipinski definition) is 1. The Bertz CT molecular complexity index is 1220. The number of piperazine rings is 1. The van der Waals surface area contributed by atoms with Crippen molar-refractivity contribution in [2.75, 3.05) is 26.2 Å². The van der Waals surface area contributed by atoms with E-state index in [9.17, 15) is 13.2 Å².